The van der Waals surface area contributed by atoms with E-state index in [9.17, 15) is 8.42 Å². The zero-order valence-corrected chi connectivity index (χ0v) is 12.6. The van der Waals surface area contributed by atoms with Gasteiger partial charge in [-0.25, -0.2) is 13.4 Å². The van der Waals surface area contributed by atoms with Crippen LogP contribution in [0, 0.1) is 0 Å². The smallest absolute Gasteiger partial charge is 0.154 e. The number of nitrogens with zero attached hydrogens (tertiary/aromatic N) is 2. The molecule has 1 fully saturated rings. The minimum Gasteiger partial charge on any atom is -0.398 e. The molecule has 1 aromatic rings. The third kappa shape index (κ3) is 3.19. The summed E-state index contributed by atoms with van der Waals surface area (Å²) in [5, 5.41) is 0. The molecule has 0 radical (unpaired) electrons. The van der Waals surface area contributed by atoms with E-state index in [0.29, 0.717) is 25.3 Å². The summed E-state index contributed by atoms with van der Waals surface area (Å²) < 4.78 is 28.2. The van der Waals surface area contributed by atoms with E-state index in [-0.39, 0.29) is 11.5 Å². The molecule has 0 bridgehead atoms. The number of hydrogen-bond acceptors (Lipinski definition) is 6. The van der Waals surface area contributed by atoms with Crippen LogP contribution in [0.2, 0.25) is 0 Å². The number of allylic oxidation sites excluding steroid dienone is 1. The first kappa shape index (κ1) is 14.3. The second kappa shape index (κ2) is 5.65. The van der Waals surface area contributed by atoms with Crippen LogP contribution in [0.4, 0.5) is 11.5 Å². The summed E-state index contributed by atoms with van der Waals surface area (Å²) in [6.07, 6.45) is 4.01. The molecule has 0 saturated carbocycles. The van der Waals surface area contributed by atoms with Gasteiger partial charge in [-0.05, 0) is 12.0 Å². The van der Waals surface area contributed by atoms with E-state index in [2.05, 4.69) is 9.88 Å². The van der Waals surface area contributed by atoms with E-state index >= 15 is 0 Å². The fourth-order valence-electron chi connectivity index (χ4n) is 2.62. The lowest BCUT2D eigenvalue weighted by atomic mass is 10.0. The molecular weight excluding hydrogens is 290 g/mol. The van der Waals surface area contributed by atoms with Gasteiger partial charge in [-0.3, -0.25) is 0 Å². The fourth-order valence-corrected chi connectivity index (χ4v) is 3.77. The minimum atomic E-state index is -2.92. The van der Waals surface area contributed by atoms with Crippen LogP contribution < -0.4 is 10.6 Å². The van der Waals surface area contributed by atoms with Gasteiger partial charge < -0.3 is 15.4 Å². The van der Waals surface area contributed by atoms with Crippen LogP contribution in [0.5, 0.6) is 0 Å². The Hall–Kier alpha value is -1.60. The van der Waals surface area contributed by atoms with Crippen molar-refractivity contribution in [3.8, 4) is 0 Å². The molecule has 2 N–H and O–H groups in total. The maximum Gasteiger partial charge on any atom is 0.154 e. The lowest BCUT2D eigenvalue weighted by Gasteiger charge is -2.28. The van der Waals surface area contributed by atoms with Gasteiger partial charge in [0.1, 0.15) is 5.82 Å². The van der Waals surface area contributed by atoms with Crippen molar-refractivity contribution in [1.82, 2.24) is 4.98 Å². The Morgan fingerprint density at radius 3 is 2.67 bits per heavy atom. The molecule has 2 aliphatic rings. The third-order valence-electron chi connectivity index (χ3n) is 3.87. The number of rotatable bonds is 2. The molecule has 0 atom stereocenters. The van der Waals surface area contributed by atoms with Gasteiger partial charge in [0.15, 0.2) is 9.84 Å². The molecule has 0 aromatic carbocycles. The van der Waals surface area contributed by atoms with Gasteiger partial charge in [0.05, 0.1) is 24.7 Å². The first-order chi connectivity index (χ1) is 10.1. The number of anilines is 2. The number of morpholine rings is 1. The van der Waals surface area contributed by atoms with E-state index in [1.54, 1.807) is 12.3 Å². The molecular formula is C14H19N3O3S. The van der Waals surface area contributed by atoms with Gasteiger partial charge >= 0.3 is 0 Å². The summed E-state index contributed by atoms with van der Waals surface area (Å²) in [5.74, 6) is 1.12. The molecule has 0 aliphatic carbocycles. The molecule has 0 unspecified atom stereocenters. The highest BCUT2D eigenvalue weighted by Crippen LogP contribution is 2.29. The highest BCUT2D eigenvalue weighted by molar-refractivity contribution is 7.91. The highest BCUT2D eigenvalue weighted by atomic mass is 32.2. The second-order valence-electron chi connectivity index (χ2n) is 5.32. The summed E-state index contributed by atoms with van der Waals surface area (Å²) in [4.78, 5) is 6.62. The molecule has 3 heterocycles. The lowest BCUT2D eigenvalue weighted by Crippen LogP contribution is -2.36. The predicted octanol–water partition coefficient (Wildman–Crippen LogP) is 0.702. The Bertz CT molecular complexity index is 664. The number of nitrogens with two attached hydrogens (primary N) is 1. The maximum atomic E-state index is 11.5. The van der Waals surface area contributed by atoms with E-state index in [0.717, 1.165) is 30.0 Å². The zero-order chi connectivity index (χ0) is 14.9. The quantitative estimate of drug-likeness (QED) is 0.865. The van der Waals surface area contributed by atoms with Crippen LogP contribution in [-0.4, -0.2) is 51.2 Å². The fraction of sp³-hybridized carbons (Fsp3) is 0.500. The van der Waals surface area contributed by atoms with Crippen molar-refractivity contribution in [2.75, 3.05) is 48.4 Å². The second-order valence-corrected chi connectivity index (χ2v) is 7.55. The highest BCUT2D eigenvalue weighted by Gasteiger charge is 2.20. The van der Waals surface area contributed by atoms with Crippen molar-refractivity contribution in [1.29, 1.82) is 0 Å². The first-order valence-electron chi connectivity index (χ1n) is 7.03. The summed E-state index contributed by atoms with van der Waals surface area (Å²) in [6, 6.07) is 1.87. The Morgan fingerprint density at radius 2 is 2.05 bits per heavy atom. The van der Waals surface area contributed by atoms with Gasteiger partial charge in [-0.15, -0.1) is 0 Å². The van der Waals surface area contributed by atoms with Crippen LogP contribution in [0.15, 0.2) is 18.3 Å². The molecule has 1 saturated heterocycles. The molecule has 0 amide bonds. The summed E-state index contributed by atoms with van der Waals surface area (Å²) >= 11 is 0. The van der Waals surface area contributed by atoms with Gasteiger partial charge in [-0.1, -0.05) is 6.08 Å². The Balaban J connectivity index is 1.83. The summed E-state index contributed by atoms with van der Waals surface area (Å²) in [7, 11) is -2.92. The molecule has 21 heavy (non-hydrogen) atoms. The Morgan fingerprint density at radius 1 is 1.29 bits per heavy atom. The van der Waals surface area contributed by atoms with Gasteiger partial charge in [-0.2, -0.15) is 0 Å². The molecule has 2 aliphatic heterocycles. The van der Waals surface area contributed by atoms with Crippen molar-refractivity contribution < 1.29 is 13.2 Å². The van der Waals surface area contributed by atoms with Crippen molar-refractivity contribution in [2.45, 2.75) is 6.42 Å². The molecule has 114 valence electrons. The SMILES string of the molecule is Nc1cc(N2CCOCC2)ncc1C1=CCS(=O)(=O)CC1. The van der Waals surface area contributed by atoms with Crippen molar-refractivity contribution in [3.05, 3.63) is 23.9 Å². The van der Waals surface area contributed by atoms with Crippen molar-refractivity contribution in [2.24, 2.45) is 0 Å². The average molecular weight is 309 g/mol. The number of hydrogen-bond donors (Lipinski definition) is 1. The van der Waals surface area contributed by atoms with E-state index in [1.165, 1.54) is 0 Å². The molecule has 1 aromatic heterocycles. The van der Waals surface area contributed by atoms with E-state index < -0.39 is 9.84 Å². The number of pyridine rings is 1. The minimum absolute atomic E-state index is 0.0903. The Kier molecular flexibility index (Phi) is 3.86. The lowest BCUT2D eigenvalue weighted by molar-refractivity contribution is 0.122. The zero-order valence-electron chi connectivity index (χ0n) is 11.8. The van der Waals surface area contributed by atoms with Crippen molar-refractivity contribution in [3.63, 3.8) is 0 Å². The summed E-state index contributed by atoms with van der Waals surface area (Å²) in [6.45, 7) is 3.03. The van der Waals surface area contributed by atoms with Crippen LogP contribution in [0.25, 0.3) is 5.57 Å². The topological polar surface area (TPSA) is 85.5 Å². The van der Waals surface area contributed by atoms with Crippen LogP contribution in [0.3, 0.4) is 0 Å². The average Bonchev–Trinajstić information content (AvgIpc) is 2.49. The normalized spacial score (nSPS) is 21.9. The number of aromatic nitrogens is 1. The van der Waals surface area contributed by atoms with Gasteiger partial charge in [0.25, 0.3) is 0 Å². The third-order valence-corrected chi connectivity index (χ3v) is 5.37. The van der Waals surface area contributed by atoms with Gasteiger partial charge in [0.2, 0.25) is 0 Å². The maximum absolute atomic E-state index is 11.5. The number of nitrogen functional groups attached to an aromatic ring is 1. The number of sulfone groups is 1. The van der Waals surface area contributed by atoms with Crippen LogP contribution in [0.1, 0.15) is 12.0 Å². The predicted molar refractivity (Wildman–Crippen MR) is 82.9 cm³/mol. The standard InChI is InChI=1S/C14H19N3O3S/c15-13-9-14(17-3-5-20-6-4-17)16-10-12(13)11-1-7-21(18,19)8-2-11/h1,9-10H,2-8H2,(H2,15,16). The van der Waals surface area contributed by atoms with Crippen LogP contribution in [-0.2, 0) is 14.6 Å². The van der Waals surface area contributed by atoms with E-state index in [1.807, 2.05) is 6.07 Å². The Labute approximate surface area is 124 Å². The monoisotopic (exact) mass is 309 g/mol. The van der Waals surface area contributed by atoms with E-state index in [4.69, 9.17) is 10.5 Å². The van der Waals surface area contributed by atoms with Gasteiger partial charge in [0, 0.05) is 36.6 Å². The molecule has 3 rings (SSSR count). The largest absolute Gasteiger partial charge is 0.398 e. The summed E-state index contributed by atoms with van der Waals surface area (Å²) in [5.41, 5.74) is 8.61. The first-order valence-corrected chi connectivity index (χ1v) is 8.85. The molecule has 7 heteroatoms. The molecule has 0 spiro atoms. The molecule has 6 nitrogen and oxygen atoms in total. The van der Waals surface area contributed by atoms with Crippen molar-refractivity contribution >= 4 is 26.9 Å². The van der Waals surface area contributed by atoms with Crippen LogP contribution >= 0.6 is 0 Å². The number of ether oxygens (including phenoxy) is 1.